The standard InChI is InChI=1S/C17H35N3O/c1-5-6-9-19(4)13-15-7-10-20(11-8-15)17(21)12-16(18)14(2)3/h14-16H,5-13,18H2,1-4H3. The first-order chi connectivity index (χ1) is 9.93. The molecule has 2 N–H and O–H groups in total. The number of hydrogen-bond donors (Lipinski definition) is 1. The van der Waals surface area contributed by atoms with Crippen LogP contribution in [0.1, 0.15) is 52.9 Å². The van der Waals surface area contributed by atoms with Crippen LogP contribution >= 0.6 is 0 Å². The molecule has 1 rings (SSSR count). The average molecular weight is 297 g/mol. The molecule has 124 valence electrons. The number of unbranched alkanes of at least 4 members (excludes halogenated alkanes) is 1. The fourth-order valence-corrected chi connectivity index (χ4v) is 2.89. The molecule has 1 atom stereocenters. The van der Waals surface area contributed by atoms with E-state index in [1.54, 1.807) is 0 Å². The first-order valence-corrected chi connectivity index (χ1v) is 8.65. The van der Waals surface area contributed by atoms with Gasteiger partial charge in [-0.3, -0.25) is 4.79 Å². The molecule has 1 saturated heterocycles. The van der Waals surface area contributed by atoms with E-state index in [1.807, 2.05) is 4.90 Å². The first kappa shape index (κ1) is 18.4. The van der Waals surface area contributed by atoms with Crippen LogP contribution in [0.2, 0.25) is 0 Å². The summed E-state index contributed by atoms with van der Waals surface area (Å²) in [5.74, 6) is 1.36. The van der Waals surface area contributed by atoms with E-state index in [2.05, 4.69) is 32.7 Å². The van der Waals surface area contributed by atoms with E-state index in [4.69, 9.17) is 5.73 Å². The molecule has 1 aliphatic heterocycles. The molecule has 21 heavy (non-hydrogen) atoms. The molecular weight excluding hydrogens is 262 g/mol. The zero-order valence-corrected chi connectivity index (χ0v) is 14.5. The van der Waals surface area contributed by atoms with Crippen LogP contribution in [0.15, 0.2) is 0 Å². The quantitative estimate of drug-likeness (QED) is 0.748. The number of piperidine rings is 1. The molecular formula is C17H35N3O. The van der Waals surface area contributed by atoms with E-state index in [9.17, 15) is 4.79 Å². The van der Waals surface area contributed by atoms with Gasteiger partial charge in [0.1, 0.15) is 0 Å². The van der Waals surface area contributed by atoms with Gasteiger partial charge in [-0.1, -0.05) is 27.2 Å². The number of hydrogen-bond acceptors (Lipinski definition) is 3. The van der Waals surface area contributed by atoms with E-state index in [-0.39, 0.29) is 11.9 Å². The minimum absolute atomic E-state index is 0.00426. The maximum absolute atomic E-state index is 12.2. The predicted molar refractivity (Wildman–Crippen MR) is 89.1 cm³/mol. The van der Waals surface area contributed by atoms with Crippen molar-refractivity contribution in [3.05, 3.63) is 0 Å². The minimum Gasteiger partial charge on any atom is -0.343 e. The number of nitrogens with zero attached hydrogens (tertiary/aromatic N) is 2. The van der Waals surface area contributed by atoms with Crippen molar-refractivity contribution >= 4 is 5.91 Å². The zero-order chi connectivity index (χ0) is 15.8. The SMILES string of the molecule is CCCCN(C)CC1CCN(C(=O)CC(N)C(C)C)CC1. The van der Waals surface area contributed by atoms with Gasteiger partial charge in [-0.25, -0.2) is 0 Å². The van der Waals surface area contributed by atoms with E-state index in [1.165, 1.54) is 25.9 Å². The van der Waals surface area contributed by atoms with Crippen molar-refractivity contribution in [1.82, 2.24) is 9.80 Å². The molecule has 4 heteroatoms. The summed E-state index contributed by atoms with van der Waals surface area (Å²) in [5.41, 5.74) is 6.01. The number of carbonyl (C=O) groups is 1. The highest BCUT2D eigenvalue weighted by molar-refractivity contribution is 5.76. The van der Waals surface area contributed by atoms with Crippen LogP contribution in [0.25, 0.3) is 0 Å². The van der Waals surface area contributed by atoms with Gasteiger partial charge in [0.2, 0.25) is 5.91 Å². The highest BCUT2D eigenvalue weighted by Gasteiger charge is 2.25. The third-order valence-corrected chi connectivity index (χ3v) is 4.70. The Morgan fingerprint density at radius 2 is 1.95 bits per heavy atom. The number of rotatable bonds is 8. The molecule has 4 nitrogen and oxygen atoms in total. The summed E-state index contributed by atoms with van der Waals surface area (Å²) < 4.78 is 0. The van der Waals surface area contributed by atoms with Crippen LogP contribution in [-0.4, -0.2) is 55.0 Å². The number of amides is 1. The highest BCUT2D eigenvalue weighted by Crippen LogP contribution is 2.19. The van der Waals surface area contributed by atoms with Crippen LogP contribution in [0.5, 0.6) is 0 Å². The Bertz CT molecular complexity index is 298. The largest absolute Gasteiger partial charge is 0.343 e. The van der Waals surface area contributed by atoms with Gasteiger partial charge < -0.3 is 15.5 Å². The lowest BCUT2D eigenvalue weighted by Crippen LogP contribution is -2.43. The second-order valence-electron chi connectivity index (χ2n) is 7.05. The van der Waals surface area contributed by atoms with Crippen LogP contribution < -0.4 is 5.73 Å². The molecule has 1 heterocycles. The Kier molecular flexibility index (Phi) is 8.27. The molecule has 1 aliphatic rings. The van der Waals surface area contributed by atoms with Crippen LogP contribution in [-0.2, 0) is 4.79 Å². The molecule has 0 aromatic heterocycles. The lowest BCUT2D eigenvalue weighted by molar-refractivity contribution is -0.133. The maximum atomic E-state index is 12.2. The fourth-order valence-electron chi connectivity index (χ4n) is 2.89. The van der Waals surface area contributed by atoms with Crippen molar-refractivity contribution in [2.75, 3.05) is 33.2 Å². The van der Waals surface area contributed by atoms with Crippen molar-refractivity contribution in [2.45, 2.75) is 58.9 Å². The highest BCUT2D eigenvalue weighted by atomic mass is 16.2. The van der Waals surface area contributed by atoms with Gasteiger partial charge in [0, 0.05) is 32.1 Å². The van der Waals surface area contributed by atoms with Crippen LogP contribution in [0.3, 0.4) is 0 Å². The van der Waals surface area contributed by atoms with Gasteiger partial charge in [-0.05, 0) is 44.7 Å². The molecule has 0 aromatic carbocycles. The molecule has 0 aliphatic carbocycles. The molecule has 1 amide bonds. The van der Waals surface area contributed by atoms with Crippen molar-refractivity contribution in [1.29, 1.82) is 0 Å². The summed E-state index contributed by atoms with van der Waals surface area (Å²) in [4.78, 5) is 16.7. The van der Waals surface area contributed by atoms with E-state index in [0.29, 0.717) is 12.3 Å². The monoisotopic (exact) mass is 297 g/mol. The average Bonchev–Trinajstić information content (AvgIpc) is 2.45. The van der Waals surface area contributed by atoms with Gasteiger partial charge in [-0.15, -0.1) is 0 Å². The third kappa shape index (κ3) is 6.79. The summed E-state index contributed by atoms with van der Waals surface area (Å²) in [6.45, 7) is 10.6. The Morgan fingerprint density at radius 3 is 2.48 bits per heavy atom. The van der Waals surface area contributed by atoms with Gasteiger partial charge >= 0.3 is 0 Å². The maximum Gasteiger partial charge on any atom is 0.224 e. The summed E-state index contributed by atoms with van der Waals surface area (Å²) in [7, 11) is 2.22. The molecule has 0 saturated carbocycles. The third-order valence-electron chi connectivity index (χ3n) is 4.70. The number of likely N-dealkylation sites (tertiary alicyclic amines) is 1. The predicted octanol–water partition coefficient (Wildman–Crippen LogP) is 2.33. The Balaban J connectivity index is 2.26. The molecule has 0 bridgehead atoms. The second kappa shape index (κ2) is 9.42. The van der Waals surface area contributed by atoms with Crippen molar-refractivity contribution in [2.24, 2.45) is 17.6 Å². The summed E-state index contributed by atoms with van der Waals surface area (Å²) >= 11 is 0. The van der Waals surface area contributed by atoms with Crippen LogP contribution in [0.4, 0.5) is 0 Å². The van der Waals surface area contributed by atoms with E-state index in [0.717, 1.165) is 31.8 Å². The van der Waals surface area contributed by atoms with Crippen molar-refractivity contribution in [3.63, 3.8) is 0 Å². The van der Waals surface area contributed by atoms with E-state index >= 15 is 0 Å². The summed E-state index contributed by atoms with van der Waals surface area (Å²) in [6.07, 6.45) is 5.31. The molecule has 1 unspecified atom stereocenters. The number of nitrogens with two attached hydrogens (primary N) is 1. The lowest BCUT2D eigenvalue weighted by Gasteiger charge is -2.34. The van der Waals surface area contributed by atoms with Crippen molar-refractivity contribution in [3.8, 4) is 0 Å². The molecule has 0 spiro atoms. The Hall–Kier alpha value is -0.610. The molecule has 0 radical (unpaired) electrons. The zero-order valence-electron chi connectivity index (χ0n) is 14.5. The van der Waals surface area contributed by atoms with Gasteiger partial charge in [0.05, 0.1) is 0 Å². The fraction of sp³-hybridized carbons (Fsp3) is 0.941. The van der Waals surface area contributed by atoms with Gasteiger partial charge in [0.25, 0.3) is 0 Å². The summed E-state index contributed by atoms with van der Waals surface area (Å²) in [5, 5.41) is 0. The summed E-state index contributed by atoms with van der Waals surface area (Å²) in [6, 6.07) is -0.00426. The second-order valence-corrected chi connectivity index (χ2v) is 7.05. The molecule has 1 fully saturated rings. The first-order valence-electron chi connectivity index (χ1n) is 8.65. The number of carbonyl (C=O) groups excluding carboxylic acids is 1. The van der Waals surface area contributed by atoms with Gasteiger partial charge in [0.15, 0.2) is 0 Å². The normalized spacial score (nSPS) is 18.5. The minimum atomic E-state index is -0.00426. The lowest BCUT2D eigenvalue weighted by atomic mass is 9.95. The van der Waals surface area contributed by atoms with E-state index < -0.39 is 0 Å². The smallest absolute Gasteiger partial charge is 0.224 e. The molecule has 0 aromatic rings. The topological polar surface area (TPSA) is 49.6 Å². The Morgan fingerprint density at radius 1 is 1.33 bits per heavy atom. The van der Waals surface area contributed by atoms with Crippen molar-refractivity contribution < 1.29 is 4.79 Å². The van der Waals surface area contributed by atoms with Crippen LogP contribution in [0, 0.1) is 11.8 Å². The Labute approximate surface area is 131 Å². The van der Waals surface area contributed by atoms with Gasteiger partial charge in [-0.2, -0.15) is 0 Å².